The number of ether oxygens (including phenoxy) is 1. The Kier molecular flexibility index (Phi) is 5.92. The fourth-order valence-corrected chi connectivity index (χ4v) is 4.44. The Morgan fingerprint density at radius 2 is 1.82 bits per heavy atom. The Hall–Kier alpha value is -3.51. The van der Waals surface area contributed by atoms with E-state index in [2.05, 4.69) is 34.7 Å². The number of carbonyl (C=O) groups is 1. The Balaban J connectivity index is 1.45. The molecule has 33 heavy (non-hydrogen) atoms. The number of halogens is 1. The summed E-state index contributed by atoms with van der Waals surface area (Å²) in [5.41, 5.74) is 4.27. The average molecular weight is 444 g/mol. The molecule has 1 amide bonds. The van der Waals surface area contributed by atoms with Crippen LogP contribution in [0.4, 0.5) is 4.39 Å². The van der Waals surface area contributed by atoms with Gasteiger partial charge in [0.25, 0.3) is 5.91 Å². The molecule has 0 saturated carbocycles. The SMILES string of the molecule is Cn1cc(-c2ccc(Cc3cc(C(=O)NC4CCOCC4)c(F)c4ccccc34)cc2)cn1. The van der Waals surface area contributed by atoms with E-state index in [1.54, 1.807) is 22.9 Å². The monoisotopic (exact) mass is 443 g/mol. The summed E-state index contributed by atoms with van der Waals surface area (Å²) in [5, 5.41) is 8.52. The van der Waals surface area contributed by atoms with E-state index in [9.17, 15) is 4.79 Å². The van der Waals surface area contributed by atoms with Crippen LogP contribution in [0.2, 0.25) is 0 Å². The number of nitrogens with zero attached hydrogens (tertiary/aromatic N) is 2. The Morgan fingerprint density at radius 1 is 1.09 bits per heavy atom. The van der Waals surface area contributed by atoms with Crippen molar-refractivity contribution in [1.29, 1.82) is 0 Å². The third-order valence-corrected chi connectivity index (χ3v) is 6.25. The van der Waals surface area contributed by atoms with Gasteiger partial charge in [0, 0.05) is 43.4 Å². The molecule has 2 heterocycles. The lowest BCUT2D eigenvalue weighted by Gasteiger charge is -2.23. The van der Waals surface area contributed by atoms with Gasteiger partial charge in [-0.15, -0.1) is 0 Å². The second kappa shape index (κ2) is 9.16. The van der Waals surface area contributed by atoms with Crippen LogP contribution in [-0.2, 0) is 18.2 Å². The number of fused-ring (bicyclic) bond motifs is 1. The van der Waals surface area contributed by atoms with Crippen molar-refractivity contribution in [1.82, 2.24) is 15.1 Å². The fourth-order valence-electron chi connectivity index (χ4n) is 4.44. The summed E-state index contributed by atoms with van der Waals surface area (Å²) >= 11 is 0. The smallest absolute Gasteiger partial charge is 0.254 e. The van der Waals surface area contributed by atoms with Crippen LogP contribution in [-0.4, -0.2) is 34.9 Å². The topological polar surface area (TPSA) is 56.2 Å². The van der Waals surface area contributed by atoms with E-state index in [-0.39, 0.29) is 17.5 Å². The first-order valence-corrected chi connectivity index (χ1v) is 11.2. The van der Waals surface area contributed by atoms with Crippen molar-refractivity contribution in [3.63, 3.8) is 0 Å². The summed E-state index contributed by atoms with van der Waals surface area (Å²) in [6.45, 7) is 1.23. The summed E-state index contributed by atoms with van der Waals surface area (Å²) in [6, 6.07) is 17.4. The minimum Gasteiger partial charge on any atom is -0.381 e. The van der Waals surface area contributed by atoms with Crippen LogP contribution in [0.3, 0.4) is 0 Å². The molecular formula is C27H26FN3O2. The second-order valence-electron chi connectivity index (χ2n) is 8.58. The standard InChI is InChI=1S/C27H26FN3O2/c1-31-17-21(16-29-31)19-8-6-18(7-9-19)14-20-15-25(26(28)24-5-3-2-4-23(20)24)27(32)30-22-10-12-33-13-11-22/h2-9,15-17,22H,10-14H2,1H3,(H,30,32). The van der Waals surface area contributed by atoms with Crippen molar-refractivity contribution in [3.8, 4) is 11.1 Å². The van der Waals surface area contributed by atoms with Crippen LogP contribution < -0.4 is 5.32 Å². The summed E-state index contributed by atoms with van der Waals surface area (Å²) in [5.74, 6) is -0.829. The Bertz CT molecular complexity index is 1290. The van der Waals surface area contributed by atoms with E-state index < -0.39 is 5.82 Å². The quantitative estimate of drug-likeness (QED) is 0.478. The number of amides is 1. The summed E-state index contributed by atoms with van der Waals surface area (Å²) in [7, 11) is 1.90. The molecule has 1 saturated heterocycles. The van der Waals surface area contributed by atoms with Gasteiger partial charge in [-0.2, -0.15) is 5.10 Å². The highest BCUT2D eigenvalue weighted by Crippen LogP contribution is 2.28. The first kappa shape index (κ1) is 21.3. The highest BCUT2D eigenvalue weighted by Gasteiger charge is 2.22. The first-order valence-electron chi connectivity index (χ1n) is 11.2. The molecule has 6 heteroatoms. The zero-order valence-electron chi connectivity index (χ0n) is 18.6. The lowest BCUT2D eigenvalue weighted by Crippen LogP contribution is -2.39. The van der Waals surface area contributed by atoms with Gasteiger partial charge in [-0.3, -0.25) is 9.48 Å². The lowest BCUT2D eigenvalue weighted by molar-refractivity contribution is 0.0695. The summed E-state index contributed by atoms with van der Waals surface area (Å²) in [6.07, 6.45) is 5.91. The van der Waals surface area contributed by atoms with Crippen LogP contribution >= 0.6 is 0 Å². The van der Waals surface area contributed by atoms with Crippen LogP contribution in [0.15, 0.2) is 67.0 Å². The molecular weight excluding hydrogens is 417 g/mol. The minimum atomic E-state index is -0.467. The van der Waals surface area contributed by atoms with Crippen molar-refractivity contribution in [2.75, 3.05) is 13.2 Å². The molecule has 3 aromatic carbocycles. The molecule has 1 aliphatic rings. The zero-order chi connectivity index (χ0) is 22.8. The number of aromatic nitrogens is 2. The van der Waals surface area contributed by atoms with E-state index in [0.29, 0.717) is 25.0 Å². The Morgan fingerprint density at radius 3 is 2.52 bits per heavy atom. The van der Waals surface area contributed by atoms with Gasteiger partial charge in [-0.25, -0.2) is 4.39 Å². The van der Waals surface area contributed by atoms with E-state index in [1.807, 2.05) is 31.6 Å². The van der Waals surface area contributed by atoms with Crippen molar-refractivity contribution < 1.29 is 13.9 Å². The molecule has 1 N–H and O–H groups in total. The molecule has 0 radical (unpaired) electrons. The normalized spacial score (nSPS) is 14.5. The van der Waals surface area contributed by atoms with Gasteiger partial charge < -0.3 is 10.1 Å². The van der Waals surface area contributed by atoms with Crippen molar-refractivity contribution in [2.45, 2.75) is 25.3 Å². The predicted octanol–water partition coefficient (Wildman–Crippen LogP) is 4.88. The van der Waals surface area contributed by atoms with Crippen LogP contribution in [0.1, 0.15) is 34.3 Å². The molecule has 1 aromatic heterocycles. The number of nitrogens with one attached hydrogen (secondary N) is 1. The molecule has 0 bridgehead atoms. The molecule has 5 nitrogen and oxygen atoms in total. The number of benzene rings is 3. The lowest BCUT2D eigenvalue weighted by atomic mass is 9.94. The van der Waals surface area contributed by atoms with Crippen molar-refractivity contribution >= 4 is 16.7 Å². The molecule has 168 valence electrons. The number of carbonyl (C=O) groups excluding carboxylic acids is 1. The third kappa shape index (κ3) is 4.52. The summed E-state index contributed by atoms with van der Waals surface area (Å²) in [4.78, 5) is 13.0. The Labute approximate surface area is 192 Å². The maximum absolute atomic E-state index is 15.3. The number of hydrogen-bond donors (Lipinski definition) is 1. The number of hydrogen-bond acceptors (Lipinski definition) is 3. The van der Waals surface area contributed by atoms with E-state index in [1.165, 1.54) is 0 Å². The van der Waals surface area contributed by atoms with Gasteiger partial charge >= 0.3 is 0 Å². The first-order chi connectivity index (χ1) is 16.1. The zero-order valence-corrected chi connectivity index (χ0v) is 18.6. The van der Waals surface area contributed by atoms with Crippen molar-refractivity contribution in [3.05, 3.63) is 89.5 Å². The molecule has 0 unspecified atom stereocenters. The maximum atomic E-state index is 15.3. The van der Waals surface area contributed by atoms with Gasteiger partial charge in [0.05, 0.1) is 11.8 Å². The number of aryl methyl sites for hydroxylation is 1. The average Bonchev–Trinajstić information content (AvgIpc) is 3.28. The molecule has 1 aliphatic heterocycles. The highest BCUT2D eigenvalue weighted by molar-refractivity contribution is 6.00. The predicted molar refractivity (Wildman–Crippen MR) is 127 cm³/mol. The molecule has 1 fully saturated rings. The van der Waals surface area contributed by atoms with Gasteiger partial charge in [-0.05, 0) is 47.4 Å². The number of rotatable bonds is 5. The van der Waals surface area contributed by atoms with Crippen LogP contribution in [0, 0.1) is 5.82 Å². The largest absolute Gasteiger partial charge is 0.381 e. The van der Waals surface area contributed by atoms with E-state index >= 15 is 4.39 Å². The van der Waals surface area contributed by atoms with Gasteiger partial charge in [0.15, 0.2) is 0 Å². The van der Waals surface area contributed by atoms with Crippen LogP contribution in [0.25, 0.3) is 21.9 Å². The highest BCUT2D eigenvalue weighted by atomic mass is 19.1. The second-order valence-corrected chi connectivity index (χ2v) is 8.58. The maximum Gasteiger partial charge on any atom is 0.254 e. The van der Waals surface area contributed by atoms with Crippen LogP contribution in [0.5, 0.6) is 0 Å². The molecule has 0 atom stereocenters. The van der Waals surface area contributed by atoms with Gasteiger partial charge in [-0.1, -0.05) is 48.5 Å². The van der Waals surface area contributed by atoms with E-state index in [0.717, 1.165) is 40.5 Å². The third-order valence-electron chi connectivity index (χ3n) is 6.25. The fraction of sp³-hybridized carbons (Fsp3) is 0.259. The molecule has 0 aliphatic carbocycles. The van der Waals surface area contributed by atoms with Crippen molar-refractivity contribution in [2.24, 2.45) is 7.05 Å². The summed E-state index contributed by atoms with van der Waals surface area (Å²) < 4.78 is 22.5. The minimum absolute atomic E-state index is 0.0144. The molecule has 5 rings (SSSR count). The van der Waals surface area contributed by atoms with Gasteiger partial charge in [0.1, 0.15) is 5.82 Å². The van der Waals surface area contributed by atoms with Gasteiger partial charge in [0.2, 0.25) is 0 Å². The van der Waals surface area contributed by atoms with E-state index in [4.69, 9.17) is 4.74 Å². The molecule has 4 aromatic rings. The molecule has 0 spiro atoms.